The van der Waals surface area contributed by atoms with E-state index in [9.17, 15) is 9.59 Å². The van der Waals surface area contributed by atoms with Crippen LogP contribution >= 0.6 is 11.6 Å². The highest BCUT2D eigenvalue weighted by Gasteiger charge is 2.13. The van der Waals surface area contributed by atoms with Crippen LogP contribution in [-0.2, 0) is 4.79 Å². The summed E-state index contributed by atoms with van der Waals surface area (Å²) in [5.41, 5.74) is 1.08. The van der Waals surface area contributed by atoms with Gasteiger partial charge in [0.1, 0.15) is 18.3 Å². The van der Waals surface area contributed by atoms with Gasteiger partial charge >= 0.3 is 0 Å². The summed E-state index contributed by atoms with van der Waals surface area (Å²) in [4.78, 5) is 27.8. The van der Waals surface area contributed by atoms with E-state index in [1.165, 1.54) is 23.6 Å². The quantitative estimate of drug-likeness (QED) is 0.620. The lowest BCUT2D eigenvalue weighted by Crippen LogP contribution is -2.25. The Labute approximate surface area is 154 Å². The van der Waals surface area contributed by atoms with Crippen molar-refractivity contribution in [2.45, 2.75) is 12.8 Å². The fourth-order valence-corrected chi connectivity index (χ4v) is 2.59. The van der Waals surface area contributed by atoms with Gasteiger partial charge in [-0.25, -0.2) is 9.67 Å². The number of para-hydroxylation sites is 1. The molecule has 0 aliphatic heterocycles. The molecule has 9 heteroatoms. The Morgan fingerprint density at radius 3 is 2.85 bits per heavy atom. The predicted octanol–water partition coefficient (Wildman–Crippen LogP) is 2.66. The van der Waals surface area contributed by atoms with Crippen molar-refractivity contribution in [2.24, 2.45) is 0 Å². The molecule has 134 valence electrons. The van der Waals surface area contributed by atoms with Gasteiger partial charge in [-0.15, -0.1) is 0 Å². The number of nitrogens with zero attached hydrogens (tertiary/aromatic N) is 3. The lowest BCUT2D eigenvalue weighted by molar-refractivity contribution is -0.116. The largest absolute Gasteiger partial charge is 0.459 e. The predicted molar refractivity (Wildman–Crippen MR) is 95.3 cm³/mol. The number of benzene rings is 1. The van der Waals surface area contributed by atoms with Gasteiger partial charge in [0.25, 0.3) is 5.91 Å². The lowest BCUT2D eigenvalue weighted by atomic mass is 10.2. The Morgan fingerprint density at radius 2 is 2.12 bits per heavy atom. The van der Waals surface area contributed by atoms with Crippen LogP contribution in [0, 0.1) is 0 Å². The number of nitrogens with one attached hydrogen (secondary N) is 2. The van der Waals surface area contributed by atoms with Crippen LogP contribution < -0.4 is 10.6 Å². The summed E-state index contributed by atoms with van der Waals surface area (Å²) in [5.74, 6) is -0.259. The number of halogens is 1. The molecule has 26 heavy (non-hydrogen) atoms. The van der Waals surface area contributed by atoms with Gasteiger partial charge in [-0.05, 0) is 30.7 Å². The van der Waals surface area contributed by atoms with Crippen molar-refractivity contribution in [3.8, 4) is 5.69 Å². The van der Waals surface area contributed by atoms with Crippen LogP contribution in [0.25, 0.3) is 5.69 Å². The molecule has 1 aromatic carbocycles. The maximum absolute atomic E-state index is 12.2. The average molecular weight is 374 g/mol. The molecule has 0 bridgehead atoms. The third kappa shape index (κ3) is 4.28. The zero-order valence-corrected chi connectivity index (χ0v) is 14.4. The highest BCUT2D eigenvalue weighted by Crippen LogP contribution is 2.27. The van der Waals surface area contributed by atoms with E-state index in [1.54, 1.807) is 30.3 Å². The Balaban J connectivity index is 1.53. The molecule has 0 aliphatic carbocycles. The lowest BCUT2D eigenvalue weighted by Gasteiger charge is -2.12. The molecular weight excluding hydrogens is 358 g/mol. The maximum atomic E-state index is 12.2. The zero-order chi connectivity index (χ0) is 18.4. The van der Waals surface area contributed by atoms with Crippen molar-refractivity contribution in [3.63, 3.8) is 0 Å². The van der Waals surface area contributed by atoms with Gasteiger partial charge in [0.15, 0.2) is 5.76 Å². The van der Waals surface area contributed by atoms with Crippen molar-refractivity contribution in [2.75, 3.05) is 11.9 Å². The van der Waals surface area contributed by atoms with Crippen molar-refractivity contribution in [1.29, 1.82) is 0 Å². The Kier molecular flexibility index (Phi) is 5.65. The second-order valence-electron chi connectivity index (χ2n) is 5.36. The average Bonchev–Trinajstić information content (AvgIpc) is 3.32. The molecule has 3 rings (SSSR count). The van der Waals surface area contributed by atoms with Gasteiger partial charge in [-0.3, -0.25) is 9.59 Å². The highest BCUT2D eigenvalue weighted by atomic mass is 35.5. The van der Waals surface area contributed by atoms with Crippen LogP contribution in [0.1, 0.15) is 23.4 Å². The Bertz CT molecular complexity index is 878. The molecule has 3 aromatic rings. The summed E-state index contributed by atoms with van der Waals surface area (Å²) in [6.45, 7) is 0.360. The third-order valence-corrected chi connectivity index (χ3v) is 3.82. The van der Waals surface area contributed by atoms with Crippen LogP contribution in [-0.4, -0.2) is 33.1 Å². The number of aromatic nitrogens is 3. The first kappa shape index (κ1) is 17.7. The first-order valence-electron chi connectivity index (χ1n) is 7.90. The van der Waals surface area contributed by atoms with Crippen molar-refractivity contribution >= 4 is 29.1 Å². The fourth-order valence-electron chi connectivity index (χ4n) is 2.33. The van der Waals surface area contributed by atoms with Crippen LogP contribution in [0.4, 0.5) is 5.69 Å². The number of amides is 2. The number of anilines is 1. The first-order chi connectivity index (χ1) is 12.6. The second kappa shape index (κ2) is 8.30. The van der Waals surface area contributed by atoms with E-state index in [-0.39, 0.29) is 24.0 Å². The van der Waals surface area contributed by atoms with Crippen molar-refractivity contribution < 1.29 is 14.0 Å². The van der Waals surface area contributed by atoms with Crippen molar-refractivity contribution in [1.82, 2.24) is 20.1 Å². The molecule has 0 fully saturated rings. The van der Waals surface area contributed by atoms with Crippen LogP contribution in [0.15, 0.2) is 53.7 Å². The summed E-state index contributed by atoms with van der Waals surface area (Å²) in [6, 6.07) is 8.40. The molecule has 8 nitrogen and oxygen atoms in total. The molecule has 0 atom stereocenters. The van der Waals surface area contributed by atoms with Gasteiger partial charge in [-0.1, -0.05) is 17.7 Å². The molecule has 0 aliphatic rings. The van der Waals surface area contributed by atoms with Gasteiger partial charge in [-0.2, -0.15) is 5.10 Å². The van der Waals surface area contributed by atoms with E-state index >= 15 is 0 Å². The summed E-state index contributed by atoms with van der Waals surface area (Å²) in [5, 5.41) is 9.99. The molecule has 0 unspecified atom stereocenters. The fraction of sp³-hybridized carbons (Fsp3) is 0.176. The standard InChI is InChI=1S/C17H16ClN5O3/c18-12-4-1-5-13(16(12)23-11-19-10-21-23)22-15(24)7-2-8-20-17(25)14-6-3-9-26-14/h1,3-6,9-11H,2,7-8H2,(H,20,25)(H,22,24). The van der Waals surface area contributed by atoms with Gasteiger partial charge < -0.3 is 15.1 Å². The minimum Gasteiger partial charge on any atom is -0.459 e. The molecule has 2 aromatic heterocycles. The molecule has 0 saturated carbocycles. The second-order valence-corrected chi connectivity index (χ2v) is 5.77. The molecule has 2 amide bonds. The Hall–Kier alpha value is -3.13. The van der Waals surface area contributed by atoms with E-state index in [0.717, 1.165) is 0 Å². The van der Waals surface area contributed by atoms with Crippen LogP contribution in [0.3, 0.4) is 0 Å². The third-order valence-electron chi connectivity index (χ3n) is 3.52. The van der Waals surface area contributed by atoms with Crippen LogP contribution in [0.2, 0.25) is 5.02 Å². The monoisotopic (exact) mass is 373 g/mol. The summed E-state index contributed by atoms with van der Waals surface area (Å²) in [6.07, 6.45) is 5.04. The smallest absolute Gasteiger partial charge is 0.286 e. The topological polar surface area (TPSA) is 102 Å². The Morgan fingerprint density at radius 1 is 1.23 bits per heavy atom. The first-order valence-corrected chi connectivity index (χ1v) is 8.28. The van der Waals surface area contributed by atoms with E-state index < -0.39 is 0 Å². The van der Waals surface area contributed by atoms with E-state index in [2.05, 4.69) is 20.7 Å². The molecule has 0 spiro atoms. The number of hydrogen-bond donors (Lipinski definition) is 2. The summed E-state index contributed by atoms with van der Waals surface area (Å²) >= 11 is 6.22. The highest BCUT2D eigenvalue weighted by molar-refractivity contribution is 6.33. The molecule has 0 radical (unpaired) electrons. The minimum absolute atomic E-state index is 0.194. The van der Waals surface area contributed by atoms with E-state index in [0.29, 0.717) is 29.4 Å². The SMILES string of the molecule is O=C(CCCNC(=O)c1ccco1)Nc1cccc(Cl)c1-n1cncn1. The normalized spacial score (nSPS) is 10.5. The van der Waals surface area contributed by atoms with Gasteiger partial charge in [0, 0.05) is 13.0 Å². The molecule has 2 heterocycles. The number of carbonyl (C=O) groups is 2. The molecular formula is C17H16ClN5O3. The maximum Gasteiger partial charge on any atom is 0.286 e. The summed E-state index contributed by atoms with van der Waals surface area (Å²) in [7, 11) is 0. The van der Waals surface area contributed by atoms with E-state index in [4.69, 9.17) is 16.0 Å². The number of hydrogen-bond acceptors (Lipinski definition) is 5. The minimum atomic E-state index is -0.307. The van der Waals surface area contributed by atoms with Gasteiger partial charge in [0.2, 0.25) is 5.91 Å². The van der Waals surface area contributed by atoms with Gasteiger partial charge in [0.05, 0.1) is 17.0 Å². The summed E-state index contributed by atoms with van der Waals surface area (Å²) < 4.78 is 6.48. The van der Waals surface area contributed by atoms with Crippen LogP contribution in [0.5, 0.6) is 0 Å². The zero-order valence-electron chi connectivity index (χ0n) is 13.7. The molecule has 0 saturated heterocycles. The number of carbonyl (C=O) groups excluding carboxylic acids is 2. The number of furan rings is 1. The van der Waals surface area contributed by atoms with Crippen molar-refractivity contribution in [3.05, 3.63) is 60.0 Å². The number of rotatable bonds is 7. The molecule has 2 N–H and O–H groups in total. The van der Waals surface area contributed by atoms with E-state index in [1.807, 2.05) is 0 Å².